The standard InChI is InChI=1S/C11H18N2O2S/c1-6(12-7(2)11(14)15-5)10-8(3)16-9(4)13-10/h6-7,12H,1-5H3. The minimum Gasteiger partial charge on any atom is -0.468 e. The summed E-state index contributed by atoms with van der Waals surface area (Å²) >= 11 is 1.67. The Bertz CT molecular complexity index is 376. The van der Waals surface area contributed by atoms with Gasteiger partial charge in [0.05, 0.1) is 17.8 Å². The molecule has 2 unspecified atom stereocenters. The second-order valence-corrected chi connectivity index (χ2v) is 5.21. The fraction of sp³-hybridized carbons (Fsp3) is 0.636. The average molecular weight is 242 g/mol. The summed E-state index contributed by atoms with van der Waals surface area (Å²) in [5.74, 6) is -0.253. The molecule has 4 nitrogen and oxygen atoms in total. The highest BCUT2D eigenvalue weighted by molar-refractivity contribution is 7.11. The number of ether oxygens (including phenoxy) is 1. The summed E-state index contributed by atoms with van der Waals surface area (Å²) in [6.45, 7) is 7.82. The summed E-state index contributed by atoms with van der Waals surface area (Å²) in [4.78, 5) is 16.9. The van der Waals surface area contributed by atoms with E-state index in [1.807, 2.05) is 20.8 Å². The zero-order valence-corrected chi connectivity index (χ0v) is 11.1. The Balaban J connectivity index is 2.68. The Morgan fingerprint density at radius 1 is 1.44 bits per heavy atom. The van der Waals surface area contributed by atoms with Crippen LogP contribution in [0.3, 0.4) is 0 Å². The maximum atomic E-state index is 11.3. The number of nitrogens with zero attached hydrogens (tertiary/aromatic N) is 1. The number of methoxy groups -OCH3 is 1. The summed E-state index contributed by atoms with van der Waals surface area (Å²) < 4.78 is 4.66. The van der Waals surface area contributed by atoms with Crippen molar-refractivity contribution in [1.82, 2.24) is 10.3 Å². The second kappa shape index (κ2) is 5.41. The van der Waals surface area contributed by atoms with E-state index in [9.17, 15) is 4.79 Å². The number of aryl methyl sites for hydroxylation is 2. The van der Waals surface area contributed by atoms with Crippen molar-refractivity contribution >= 4 is 17.3 Å². The van der Waals surface area contributed by atoms with E-state index in [-0.39, 0.29) is 18.1 Å². The van der Waals surface area contributed by atoms with E-state index in [1.165, 1.54) is 12.0 Å². The number of hydrogen-bond donors (Lipinski definition) is 1. The van der Waals surface area contributed by atoms with Gasteiger partial charge in [0.25, 0.3) is 0 Å². The zero-order chi connectivity index (χ0) is 12.3. The SMILES string of the molecule is COC(=O)C(C)NC(C)c1nc(C)sc1C. The van der Waals surface area contributed by atoms with Gasteiger partial charge in [-0.1, -0.05) is 0 Å². The second-order valence-electron chi connectivity index (χ2n) is 3.81. The third-order valence-electron chi connectivity index (χ3n) is 2.40. The molecule has 5 heteroatoms. The topological polar surface area (TPSA) is 51.2 Å². The van der Waals surface area contributed by atoms with Gasteiger partial charge in [-0.15, -0.1) is 11.3 Å². The van der Waals surface area contributed by atoms with E-state index in [1.54, 1.807) is 18.3 Å². The van der Waals surface area contributed by atoms with Gasteiger partial charge in [-0.2, -0.15) is 0 Å². The molecule has 1 N–H and O–H groups in total. The molecule has 0 amide bonds. The maximum absolute atomic E-state index is 11.3. The average Bonchev–Trinajstić information content (AvgIpc) is 2.56. The third-order valence-corrected chi connectivity index (χ3v) is 3.31. The molecule has 16 heavy (non-hydrogen) atoms. The molecule has 0 aliphatic carbocycles. The predicted octanol–water partition coefficient (Wildman–Crippen LogP) is 1.97. The van der Waals surface area contributed by atoms with Crippen LogP contribution in [-0.2, 0) is 9.53 Å². The third kappa shape index (κ3) is 3.02. The zero-order valence-electron chi connectivity index (χ0n) is 10.3. The molecule has 0 aromatic carbocycles. The molecule has 0 aliphatic heterocycles. The number of carbonyl (C=O) groups excluding carboxylic acids is 1. The number of thiazole rings is 1. The Morgan fingerprint density at radius 2 is 2.06 bits per heavy atom. The van der Waals surface area contributed by atoms with Crippen LogP contribution in [0, 0.1) is 13.8 Å². The van der Waals surface area contributed by atoms with Gasteiger partial charge in [0.2, 0.25) is 0 Å². The molecule has 0 bridgehead atoms. The minimum atomic E-state index is -0.318. The lowest BCUT2D eigenvalue weighted by Crippen LogP contribution is -2.36. The van der Waals surface area contributed by atoms with Gasteiger partial charge < -0.3 is 4.74 Å². The Hall–Kier alpha value is -0.940. The van der Waals surface area contributed by atoms with Crippen LogP contribution in [0.2, 0.25) is 0 Å². The molecule has 1 aromatic heterocycles. The lowest BCUT2D eigenvalue weighted by atomic mass is 10.2. The largest absolute Gasteiger partial charge is 0.468 e. The minimum absolute atomic E-state index is 0.0547. The first-order valence-corrected chi connectivity index (χ1v) is 6.05. The van der Waals surface area contributed by atoms with Crippen LogP contribution in [0.4, 0.5) is 0 Å². The van der Waals surface area contributed by atoms with Crippen LogP contribution in [0.25, 0.3) is 0 Å². The fourth-order valence-electron chi connectivity index (χ4n) is 1.65. The Labute approximate surface area is 100 Å². The molecule has 0 radical (unpaired) electrons. The van der Waals surface area contributed by atoms with Crippen molar-refractivity contribution in [3.63, 3.8) is 0 Å². The first kappa shape index (κ1) is 13.1. The number of esters is 1. The van der Waals surface area contributed by atoms with Gasteiger partial charge in [0.15, 0.2) is 0 Å². The van der Waals surface area contributed by atoms with Crippen molar-refractivity contribution in [2.45, 2.75) is 39.8 Å². The molecule has 2 atom stereocenters. The monoisotopic (exact) mass is 242 g/mol. The molecule has 0 aliphatic rings. The smallest absolute Gasteiger partial charge is 0.322 e. The molecular weight excluding hydrogens is 224 g/mol. The maximum Gasteiger partial charge on any atom is 0.322 e. The molecule has 90 valence electrons. The van der Waals surface area contributed by atoms with Crippen molar-refractivity contribution in [3.05, 3.63) is 15.6 Å². The van der Waals surface area contributed by atoms with E-state index in [4.69, 9.17) is 0 Å². The number of carbonyl (C=O) groups is 1. The summed E-state index contributed by atoms with van der Waals surface area (Å²) in [6, 6.07) is -0.263. The van der Waals surface area contributed by atoms with Crippen molar-refractivity contribution in [2.24, 2.45) is 0 Å². The van der Waals surface area contributed by atoms with Crippen LogP contribution in [0.5, 0.6) is 0 Å². The highest BCUT2D eigenvalue weighted by Crippen LogP contribution is 2.22. The Kier molecular flexibility index (Phi) is 4.44. The molecule has 0 saturated heterocycles. The van der Waals surface area contributed by atoms with Crippen molar-refractivity contribution < 1.29 is 9.53 Å². The van der Waals surface area contributed by atoms with E-state index < -0.39 is 0 Å². The van der Waals surface area contributed by atoms with Gasteiger partial charge in [0.1, 0.15) is 6.04 Å². The molecular formula is C11H18N2O2S. The molecule has 1 aromatic rings. The van der Waals surface area contributed by atoms with E-state index in [0.717, 1.165) is 10.7 Å². The van der Waals surface area contributed by atoms with E-state index in [0.29, 0.717) is 0 Å². The van der Waals surface area contributed by atoms with Crippen molar-refractivity contribution in [2.75, 3.05) is 7.11 Å². The van der Waals surface area contributed by atoms with Gasteiger partial charge in [-0.05, 0) is 27.7 Å². The predicted molar refractivity (Wildman–Crippen MR) is 64.6 cm³/mol. The number of rotatable bonds is 4. The van der Waals surface area contributed by atoms with Crippen LogP contribution in [0.15, 0.2) is 0 Å². The quantitative estimate of drug-likeness (QED) is 0.820. The first-order valence-electron chi connectivity index (χ1n) is 5.23. The molecule has 0 spiro atoms. The normalized spacial score (nSPS) is 14.6. The Morgan fingerprint density at radius 3 is 2.50 bits per heavy atom. The molecule has 0 fully saturated rings. The fourth-order valence-corrected chi connectivity index (χ4v) is 2.56. The van der Waals surface area contributed by atoms with Gasteiger partial charge in [-0.3, -0.25) is 10.1 Å². The summed E-state index contributed by atoms with van der Waals surface area (Å²) in [7, 11) is 1.39. The summed E-state index contributed by atoms with van der Waals surface area (Å²) in [6.07, 6.45) is 0. The van der Waals surface area contributed by atoms with Crippen LogP contribution < -0.4 is 5.32 Å². The first-order chi connectivity index (χ1) is 7.45. The number of aromatic nitrogens is 1. The van der Waals surface area contributed by atoms with Crippen molar-refractivity contribution in [3.8, 4) is 0 Å². The number of hydrogen-bond acceptors (Lipinski definition) is 5. The molecule has 1 rings (SSSR count). The highest BCUT2D eigenvalue weighted by atomic mass is 32.1. The van der Waals surface area contributed by atoms with Gasteiger partial charge in [0, 0.05) is 10.9 Å². The summed E-state index contributed by atoms with van der Waals surface area (Å²) in [5.41, 5.74) is 1.01. The van der Waals surface area contributed by atoms with Gasteiger partial charge in [-0.25, -0.2) is 4.98 Å². The number of nitrogens with one attached hydrogen (secondary N) is 1. The van der Waals surface area contributed by atoms with Gasteiger partial charge >= 0.3 is 5.97 Å². The molecule has 1 heterocycles. The lowest BCUT2D eigenvalue weighted by molar-refractivity contribution is -0.142. The summed E-state index contributed by atoms with van der Waals surface area (Å²) in [5, 5.41) is 4.22. The molecule has 0 saturated carbocycles. The lowest BCUT2D eigenvalue weighted by Gasteiger charge is -2.17. The van der Waals surface area contributed by atoms with Crippen LogP contribution in [0.1, 0.15) is 35.5 Å². The highest BCUT2D eigenvalue weighted by Gasteiger charge is 2.19. The van der Waals surface area contributed by atoms with E-state index in [2.05, 4.69) is 15.0 Å². The van der Waals surface area contributed by atoms with E-state index >= 15 is 0 Å². The van der Waals surface area contributed by atoms with Crippen LogP contribution in [-0.4, -0.2) is 24.1 Å². The van der Waals surface area contributed by atoms with Crippen LogP contribution >= 0.6 is 11.3 Å². The van der Waals surface area contributed by atoms with Crippen molar-refractivity contribution in [1.29, 1.82) is 0 Å².